The molecule has 0 radical (unpaired) electrons. The minimum atomic E-state index is -1.05. The van der Waals surface area contributed by atoms with Gasteiger partial charge in [-0.15, -0.1) is 0 Å². The van der Waals surface area contributed by atoms with Crippen molar-refractivity contribution in [3.63, 3.8) is 0 Å². The van der Waals surface area contributed by atoms with Gasteiger partial charge in [-0.25, -0.2) is 9.78 Å². The SMILES string of the molecule is Cc1ccn2c(-c3ccccc3Cl)nc(C(=O)O)c2c1. The van der Waals surface area contributed by atoms with Crippen LogP contribution in [0.1, 0.15) is 16.1 Å². The molecule has 0 bridgehead atoms. The number of halogens is 1. The number of imidazole rings is 1. The Bertz CT molecular complexity index is 824. The Morgan fingerprint density at radius 1 is 1.30 bits per heavy atom. The first-order chi connectivity index (χ1) is 9.58. The maximum atomic E-state index is 11.3. The Balaban J connectivity index is 2.38. The zero-order valence-electron chi connectivity index (χ0n) is 10.7. The average Bonchev–Trinajstić information content (AvgIpc) is 2.78. The molecule has 2 heterocycles. The van der Waals surface area contributed by atoms with Gasteiger partial charge >= 0.3 is 5.97 Å². The lowest BCUT2D eigenvalue weighted by Crippen LogP contribution is -1.97. The molecule has 1 N–H and O–H groups in total. The maximum Gasteiger partial charge on any atom is 0.356 e. The van der Waals surface area contributed by atoms with E-state index in [-0.39, 0.29) is 5.69 Å². The third kappa shape index (κ3) is 1.94. The highest BCUT2D eigenvalue weighted by Crippen LogP contribution is 2.29. The van der Waals surface area contributed by atoms with Crippen molar-refractivity contribution in [1.82, 2.24) is 9.38 Å². The van der Waals surface area contributed by atoms with Crippen molar-refractivity contribution in [3.05, 3.63) is 58.9 Å². The van der Waals surface area contributed by atoms with Crippen molar-refractivity contribution in [2.24, 2.45) is 0 Å². The highest BCUT2D eigenvalue weighted by molar-refractivity contribution is 6.33. The Labute approximate surface area is 120 Å². The second-order valence-corrected chi connectivity index (χ2v) is 4.94. The average molecular weight is 287 g/mol. The molecule has 0 atom stereocenters. The van der Waals surface area contributed by atoms with Crippen LogP contribution in [0.25, 0.3) is 16.9 Å². The van der Waals surface area contributed by atoms with Gasteiger partial charge in [0.1, 0.15) is 5.82 Å². The number of hydrogen-bond acceptors (Lipinski definition) is 2. The molecule has 0 saturated heterocycles. The van der Waals surface area contributed by atoms with Crippen LogP contribution in [0.15, 0.2) is 42.6 Å². The molecule has 0 saturated carbocycles. The number of benzene rings is 1. The van der Waals surface area contributed by atoms with Crippen molar-refractivity contribution in [3.8, 4) is 11.4 Å². The van der Waals surface area contributed by atoms with E-state index in [2.05, 4.69) is 4.98 Å². The number of aryl methyl sites for hydroxylation is 1. The molecule has 0 aliphatic rings. The van der Waals surface area contributed by atoms with E-state index in [1.807, 2.05) is 37.4 Å². The first-order valence-electron chi connectivity index (χ1n) is 6.05. The summed E-state index contributed by atoms with van der Waals surface area (Å²) in [7, 11) is 0. The lowest BCUT2D eigenvalue weighted by atomic mass is 10.2. The molecule has 0 aliphatic carbocycles. The number of aromatic carboxylic acids is 1. The van der Waals surface area contributed by atoms with E-state index >= 15 is 0 Å². The minimum Gasteiger partial charge on any atom is -0.476 e. The van der Waals surface area contributed by atoms with Gasteiger partial charge < -0.3 is 5.11 Å². The van der Waals surface area contributed by atoms with Crippen molar-refractivity contribution < 1.29 is 9.90 Å². The first kappa shape index (κ1) is 12.7. The second kappa shape index (κ2) is 4.65. The smallest absolute Gasteiger partial charge is 0.356 e. The third-order valence-corrected chi connectivity index (χ3v) is 3.45. The van der Waals surface area contributed by atoms with E-state index in [1.54, 1.807) is 16.5 Å². The van der Waals surface area contributed by atoms with Crippen LogP contribution in [0, 0.1) is 6.92 Å². The van der Waals surface area contributed by atoms with E-state index in [0.717, 1.165) is 5.56 Å². The van der Waals surface area contributed by atoms with Crippen LogP contribution >= 0.6 is 11.6 Å². The molecular formula is C15H11ClN2O2. The molecule has 0 spiro atoms. The number of nitrogens with zero attached hydrogens (tertiary/aromatic N) is 2. The number of carboxylic acids is 1. The van der Waals surface area contributed by atoms with Crippen LogP contribution in [0.3, 0.4) is 0 Å². The van der Waals surface area contributed by atoms with Gasteiger partial charge in [0, 0.05) is 11.8 Å². The molecule has 2 aromatic heterocycles. The fourth-order valence-electron chi connectivity index (χ4n) is 2.18. The van der Waals surface area contributed by atoms with Crippen LogP contribution < -0.4 is 0 Å². The normalized spacial score (nSPS) is 10.9. The molecule has 3 aromatic rings. The summed E-state index contributed by atoms with van der Waals surface area (Å²) in [5, 5.41) is 9.83. The summed E-state index contributed by atoms with van der Waals surface area (Å²) < 4.78 is 1.75. The van der Waals surface area contributed by atoms with Gasteiger partial charge in [-0.3, -0.25) is 4.40 Å². The number of rotatable bonds is 2. The molecule has 4 nitrogen and oxygen atoms in total. The number of fused-ring (bicyclic) bond motifs is 1. The molecule has 0 amide bonds. The predicted octanol–water partition coefficient (Wildman–Crippen LogP) is 3.66. The van der Waals surface area contributed by atoms with Crippen molar-refractivity contribution in [1.29, 1.82) is 0 Å². The zero-order valence-corrected chi connectivity index (χ0v) is 11.4. The maximum absolute atomic E-state index is 11.3. The van der Waals surface area contributed by atoms with Gasteiger partial charge in [-0.1, -0.05) is 23.7 Å². The van der Waals surface area contributed by atoms with E-state index in [1.165, 1.54) is 0 Å². The first-order valence-corrected chi connectivity index (χ1v) is 6.42. The molecular weight excluding hydrogens is 276 g/mol. The second-order valence-electron chi connectivity index (χ2n) is 4.53. The molecule has 1 aromatic carbocycles. The summed E-state index contributed by atoms with van der Waals surface area (Å²) in [5.74, 6) is -0.519. The van der Waals surface area contributed by atoms with Gasteiger partial charge in [-0.2, -0.15) is 0 Å². The summed E-state index contributed by atoms with van der Waals surface area (Å²) >= 11 is 6.18. The molecule has 0 aliphatic heterocycles. The lowest BCUT2D eigenvalue weighted by Gasteiger charge is -2.03. The number of carboxylic acid groups (broad SMARTS) is 1. The van der Waals surface area contributed by atoms with Crippen LogP contribution in [0.2, 0.25) is 5.02 Å². The third-order valence-electron chi connectivity index (χ3n) is 3.12. The summed E-state index contributed by atoms with van der Waals surface area (Å²) in [6.07, 6.45) is 1.81. The number of hydrogen-bond donors (Lipinski definition) is 1. The highest BCUT2D eigenvalue weighted by atomic mass is 35.5. The van der Waals surface area contributed by atoms with Gasteiger partial charge in [0.2, 0.25) is 0 Å². The zero-order chi connectivity index (χ0) is 14.3. The Morgan fingerprint density at radius 2 is 2.05 bits per heavy atom. The van der Waals surface area contributed by atoms with Crippen LogP contribution in [0.4, 0.5) is 0 Å². The quantitative estimate of drug-likeness (QED) is 0.782. The molecule has 5 heteroatoms. The minimum absolute atomic E-state index is 0.0311. The molecule has 3 rings (SSSR count). The monoisotopic (exact) mass is 286 g/mol. The number of aromatic nitrogens is 2. The van der Waals surface area contributed by atoms with E-state index in [4.69, 9.17) is 11.6 Å². The lowest BCUT2D eigenvalue weighted by molar-refractivity contribution is 0.0693. The van der Waals surface area contributed by atoms with E-state index in [9.17, 15) is 9.90 Å². The Morgan fingerprint density at radius 3 is 2.75 bits per heavy atom. The molecule has 0 fully saturated rings. The van der Waals surface area contributed by atoms with Gasteiger partial charge in [0.05, 0.1) is 10.5 Å². The summed E-state index contributed by atoms with van der Waals surface area (Å²) in [4.78, 5) is 15.6. The van der Waals surface area contributed by atoms with Crippen LogP contribution in [0.5, 0.6) is 0 Å². The van der Waals surface area contributed by atoms with Crippen molar-refractivity contribution >= 4 is 23.1 Å². The van der Waals surface area contributed by atoms with E-state index in [0.29, 0.717) is 21.9 Å². The predicted molar refractivity (Wildman–Crippen MR) is 77.3 cm³/mol. The van der Waals surface area contributed by atoms with Crippen molar-refractivity contribution in [2.45, 2.75) is 6.92 Å². The summed E-state index contributed by atoms with van der Waals surface area (Å²) in [6, 6.07) is 11.0. The van der Waals surface area contributed by atoms with Gasteiger partial charge in [0.25, 0.3) is 0 Å². The Hall–Kier alpha value is -2.33. The molecule has 20 heavy (non-hydrogen) atoms. The topological polar surface area (TPSA) is 54.6 Å². The standard InChI is InChI=1S/C15H11ClN2O2/c1-9-6-7-18-12(8-9)13(15(19)20)17-14(18)10-4-2-3-5-11(10)16/h2-8H,1H3,(H,19,20). The number of pyridine rings is 1. The van der Waals surface area contributed by atoms with Gasteiger partial charge in [0.15, 0.2) is 5.69 Å². The largest absolute Gasteiger partial charge is 0.476 e. The van der Waals surface area contributed by atoms with Crippen molar-refractivity contribution in [2.75, 3.05) is 0 Å². The van der Waals surface area contributed by atoms with Gasteiger partial charge in [-0.05, 0) is 36.8 Å². The summed E-state index contributed by atoms with van der Waals surface area (Å²) in [5.41, 5.74) is 2.28. The molecule has 0 unspecified atom stereocenters. The van der Waals surface area contributed by atoms with E-state index < -0.39 is 5.97 Å². The number of carbonyl (C=O) groups is 1. The van der Waals surface area contributed by atoms with Crippen LogP contribution in [-0.2, 0) is 0 Å². The summed E-state index contributed by atoms with van der Waals surface area (Å²) in [6.45, 7) is 1.91. The fraction of sp³-hybridized carbons (Fsp3) is 0.0667. The van der Waals surface area contributed by atoms with Crippen LogP contribution in [-0.4, -0.2) is 20.5 Å². The Kier molecular flexibility index (Phi) is 2.95. The molecule has 100 valence electrons. The fourth-order valence-corrected chi connectivity index (χ4v) is 2.40. The highest BCUT2D eigenvalue weighted by Gasteiger charge is 2.18.